The van der Waals surface area contributed by atoms with Crippen molar-refractivity contribution in [1.82, 2.24) is 4.90 Å². The van der Waals surface area contributed by atoms with Crippen molar-refractivity contribution in [2.75, 3.05) is 32.6 Å². The molecule has 0 saturated heterocycles. The number of ether oxygens (including phenoxy) is 2. The number of sulfone groups is 1. The summed E-state index contributed by atoms with van der Waals surface area (Å²) in [5.41, 5.74) is 5.52. The Morgan fingerprint density at radius 1 is 1.29 bits per heavy atom. The molecule has 0 radical (unpaired) electrons. The van der Waals surface area contributed by atoms with Gasteiger partial charge in [0.15, 0.2) is 21.3 Å². The van der Waals surface area contributed by atoms with E-state index in [9.17, 15) is 13.2 Å². The third-order valence-electron chi connectivity index (χ3n) is 4.06. The summed E-state index contributed by atoms with van der Waals surface area (Å²) in [6.07, 6.45) is 0.661. The van der Waals surface area contributed by atoms with Gasteiger partial charge >= 0.3 is 0 Å². The van der Waals surface area contributed by atoms with E-state index in [1.54, 1.807) is 13.1 Å². The quantitative estimate of drug-likeness (QED) is 0.810. The van der Waals surface area contributed by atoms with E-state index >= 15 is 0 Å². The zero-order valence-electron chi connectivity index (χ0n) is 14.0. The third-order valence-corrected chi connectivity index (χ3v) is 5.77. The van der Waals surface area contributed by atoms with Crippen molar-refractivity contribution in [2.24, 2.45) is 5.73 Å². The fourth-order valence-electron chi connectivity index (χ4n) is 2.26. The molecular formula is C16H24N2O5S. The highest BCUT2D eigenvalue weighted by Gasteiger charge is 2.22. The van der Waals surface area contributed by atoms with Crippen LogP contribution in [0, 0.1) is 0 Å². The van der Waals surface area contributed by atoms with Gasteiger partial charge in [-0.05, 0) is 19.1 Å². The zero-order valence-corrected chi connectivity index (χ0v) is 14.8. The van der Waals surface area contributed by atoms with Crippen LogP contribution in [0.25, 0.3) is 0 Å². The van der Waals surface area contributed by atoms with Crippen LogP contribution in [0.3, 0.4) is 0 Å². The second-order valence-electron chi connectivity index (χ2n) is 5.82. The number of nitrogens with zero attached hydrogens (tertiary/aromatic N) is 1. The van der Waals surface area contributed by atoms with Crippen molar-refractivity contribution in [1.29, 1.82) is 0 Å². The van der Waals surface area contributed by atoms with Gasteiger partial charge in [-0.2, -0.15) is 0 Å². The second-order valence-corrected chi connectivity index (χ2v) is 7.93. The summed E-state index contributed by atoms with van der Waals surface area (Å²) in [5.74, 6) is 0.464. The average Bonchev–Trinajstić information content (AvgIpc) is 2.82. The lowest BCUT2D eigenvalue weighted by Gasteiger charge is -2.23. The van der Waals surface area contributed by atoms with Crippen molar-refractivity contribution in [2.45, 2.75) is 30.7 Å². The molecule has 0 bridgehead atoms. The Morgan fingerprint density at radius 2 is 1.96 bits per heavy atom. The summed E-state index contributed by atoms with van der Waals surface area (Å²) < 4.78 is 36.0. The third kappa shape index (κ3) is 4.39. The smallest absolute Gasteiger partial charge is 0.223 e. The Bertz CT molecular complexity index is 690. The molecule has 0 saturated carbocycles. The lowest BCUT2D eigenvalue weighted by molar-refractivity contribution is -0.131. The van der Waals surface area contributed by atoms with Crippen molar-refractivity contribution in [3.8, 4) is 11.5 Å². The fraction of sp³-hybridized carbons (Fsp3) is 0.562. The minimum atomic E-state index is -3.58. The molecule has 7 nitrogen and oxygen atoms in total. The first-order valence-electron chi connectivity index (χ1n) is 7.93. The number of fused-ring (bicyclic) bond motifs is 1. The first-order chi connectivity index (χ1) is 11.3. The van der Waals surface area contributed by atoms with Gasteiger partial charge in [-0.1, -0.05) is 0 Å². The molecule has 24 heavy (non-hydrogen) atoms. The topological polar surface area (TPSA) is 98.9 Å². The summed E-state index contributed by atoms with van der Waals surface area (Å²) in [4.78, 5) is 13.7. The number of likely N-dealkylation sites (N-methyl/N-ethyl adjacent to an activating group) is 1. The SMILES string of the molecule is CC(CN)N(C)C(=O)CCS(=O)(=O)c1ccc2c(c1)OCCCO2. The lowest BCUT2D eigenvalue weighted by Crippen LogP contribution is -2.40. The Kier molecular flexibility index (Phi) is 6.06. The standard InChI is InChI=1S/C16H24N2O5S/c1-12(11-17)18(2)16(19)6-9-24(20,21)13-4-5-14-15(10-13)23-8-3-7-22-14/h4-5,10,12H,3,6-9,11,17H2,1-2H3. The monoisotopic (exact) mass is 356 g/mol. The van der Waals surface area contributed by atoms with Crippen LogP contribution >= 0.6 is 0 Å². The largest absolute Gasteiger partial charge is 0.490 e. The number of carbonyl (C=O) groups excluding carboxylic acids is 1. The van der Waals surface area contributed by atoms with Crippen LogP contribution in [0.1, 0.15) is 19.8 Å². The Hall–Kier alpha value is -1.80. The number of hydrogen-bond acceptors (Lipinski definition) is 6. The number of hydrogen-bond donors (Lipinski definition) is 1. The number of nitrogens with two attached hydrogens (primary N) is 1. The maximum absolute atomic E-state index is 12.5. The Balaban J connectivity index is 2.08. The Morgan fingerprint density at radius 3 is 2.62 bits per heavy atom. The molecule has 1 atom stereocenters. The fourth-order valence-corrected chi connectivity index (χ4v) is 3.50. The molecule has 8 heteroatoms. The Labute approximate surface area is 142 Å². The highest BCUT2D eigenvalue weighted by atomic mass is 32.2. The van der Waals surface area contributed by atoms with Crippen LogP contribution in [0.15, 0.2) is 23.1 Å². The van der Waals surface area contributed by atoms with Gasteiger partial charge in [0.25, 0.3) is 0 Å². The van der Waals surface area contributed by atoms with Gasteiger partial charge in [0.1, 0.15) is 0 Å². The molecule has 134 valence electrons. The maximum atomic E-state index is 12.5. The summed E-state index contributed by atoms with van der Waals surface area (Å²) in [6, 6.07) is 4.42. The van der Waals surface area contributed by atoms with E-state index in [1.165, 1.54) is 17.0 Å². The van der Waals surface area contributed by atoms with Crippen molar-refractivity contribution < 1.29 is 22.7 Å². The first kappa shape index (κ1) is 18.5. The minimum absolute atomic E-state index is 0.0857. The van der Waals surface area contributed by atoms with Crippen LogP contribution in [0.5, 0.6) is 11.5 Å². The van der Waals surface area contributed by atoms with Crippen molar-refractivity contribution in [3.05, 3.63) is 18.2 Å². The molecule has 0 spiro atoms. The molecule has 2 rings (SSSR count). The lowest BCUT2D eigenvalue weighted by atomic mass is 10.3. The van der Waals surface area contributed by atoms with Crippen molar-refractivity contribution >= 4 is 15.7 Å². The van der Waals surface area contributed by atoms with Crippen LogP contribution < -0.4 is 15.2 Å². The predicted octanol–water partition coefficient (Wildman–Crippen LogP) is 0.817. The molecule has 1 aliphatic heterocycles. The summed E-state index contributed by atoms with van der Waals surface area (Å²) >= 11 is 0. The van der Waals surface area contributed by atoms with E-state index < -0.39 is 9.84 Å². The van der Waals surface area contributed by atoms with Gasteiger partial charge in [0.05, 0.1) is 23.9 Å². The number of carbonyl (C=O) groups is 1. The normalized spacial score (nSPS) is 15.5. The van der Waals surface area contributed by atoms with Crippen LogP contribution in [-0.4, -0.2) is 57.8 Å². The molecular weight excluding hydrogens is 332 g/mol. The molecule has 0 aromatic heterocycles. The van der Waals surface area contributed by atoms with E-state index in [4.69, 9.17) is 15.2 Å². The van der Waals surface area contributed by atoms with E-state index in [0.29, 0.717) is 31.3 Å². The van der Waals surface area contributed by atoms with Gasteiger partial charge in [0.2, 0.25) is 5.91 Å². The molecule has 1 aromatic rings. The number of rotatable bonds is 6. The van der Waals surface area contributed by atoms with Gasteiger partial charge < -0.3 is 20.1 Å². The van der Waals surface area contributed by atoms with E-state index in [0.717, 1.165) is 6.42 Å². The predicted molar refractivity (Wildman–Crippen MR) is 90.0 cm³/mol. The van der Waals surface area contributed by atoms with Gasteiger partial charge in [-0.15, -0.1) is 0 Å². The molecule has 1 heterocycles. The highest BCUT2D eigenvalue weighted by Crippen LogP contribution is 2.32. The summed E-state index contributed by atoms with van der Waals surface area (Å²) in [6.45, 7) is 3.17. The van der Waals surface area contributed by atoms with Crippen LogP contribution in [0.2, 0.25) is 0 Å². The maximum Gasteiger partial charge on any atom is 0.223 e. The van der Waals surface area contributed by atoms with E-state index in [-0.39, 0.29) is 29.0 Å². The molecule has 2 N–H and O–H groups in total. The summed E-state index contributed by atoms with van der Waals surface area (Å²) in [7, 11) is -1.96. The zero-order chi connectivity index (χ0) is 17.7. The molecule has 1 unspecified atom stereocenters. The molecule has 1 aliphatic rings. The van der Waals surface area contributed by atoms with Gasteiger partial charge in [0, 0.05) is 38.5 Å². The minimum Gasteiger partial charge on any atom is -0.490 e. The number of amides is 1. The van der Waals surface area contributed by atoms with Gasteiger partial charge in [-0.25, -0.2) is 8.42 Å². The first-order valence-corrected chi connectivity index (χ1v) is 9.58. The molecule has 1 amide bonds. The van der Waals surface area contributed by atoms with Gasteiger partial charge in [-0.3, -0.25) is 4.79 Å². The molecule has 0 fully saturated rings. The van der Waals surface area contributed by atoms with E-state index in [1.807, 2.05) is 6.92 Å². The van der Waals surface area contributed by atoms with E-state index in [2.05, 4.69) is 0 Å². The van der Waals surface area contributed by atoms with Crippen LogP contribution in [-0.2, 0) is 14.6 Å². The molecule has 1 aromatic carbocycles. The van der Waals surface area contributed by atoms with Crippen LogP contribution in [0.4, 0.5) is 0 Å². The number of benzene rings is 1. The average molecular weight is 356 g/mol. The van der Waals surface area contributed by atoms with Crippen molar-refractivity contribution in [3.63, 3.8) is 0 Å². The summed E-state index contributed by atoms with van der Waals surface area (Å²) in [5, 5.41) is 0. The highest BCUT2D eigenvalue weighted by molar-refractivity contribution is 7.91. The molecule has 0 aliphatic carbocycles. The second kappa shape index (κ2) is 7.85.